The number of nitrogens with one attached hydrogen (secondary N) is 2. The first-order valence-corrected chi connectivity index (χ1v) is 13.6. The maximum atomic E-state index is 13.8. The van der Waals surface area contributed by atoms with Gasteiger partial charge in [-0.05, 0) is 37.8 Å². The number of carbonyl (C=O) groups is 2. The number of carbonyl (C=O) groups excluding carboxylic acids is 2. The summed E-state index contributed by atoms with van der Waals surface area (Å²) in [4.78, 5) is 39.5. The molecule has 3 unspecified atom stereocenters. The van der Waals surface area contributed by atoms with Crippen molar-refractivity contribution in [3.8, 4) is 0 Å². The second-order valence-corrected chi connectivity index (χ2v) is 11.4. The highest BCUT2D eigenvalue weighted by molar-refractivity contribution is 6.15. The van der Waals surface area contributed by atoms with E-state index in [1.807, 2.05) is 4.90 Å². The molecule has 4 aliphatic heterocycles. The second-order valence-electron chi connectivity index (χ2n) is 11.4. The summed E-state index contributed by atoms with van der Waals surface area (Å²) in [5.74, 6) is 0.836. The fraction of sp³-hybridized carbons (Fsp3) is 0.500. The van der Waals surface area contributed by atoms with Crippen LogP contribution >= 0.6 is 0 Å². The largest absolute Gasteiger partial charge is 0.416 e. The summed E-state index contributed by atoms with van der Waals surface area (Å²) in [7, 11) is 1.63. The zero-order chi connectivity index (χ0) is 28.4. The number of amidine groups is 1. The number of aliphatic imine (C=N–C) groups is 2. The molecular weight excluding hydrogens is 523 g/mol. The molecule has 2 N–H and O–H groups in total. The predicted molar refractivity (Wildman–Crippen MR) is 145 cm³/mol. The molecule has 0 bridgehead atoms. The Balaban J connectivity index is 1.16. The van der Waals surface area contributed by atoms with E-state index in [2.05, 4.69) is 38.5 Å². The molecule has 40 heavy (non-hydrogen) atoms. The van der Waals surface area contributed by atoms with Crippen LogP contribution < -0.4 is 10.6 Å². The SMILES string of the molecule is CC1C=C2C(NC1)NC(=O)N2C1CCN(C2=NC=NC(C)(C(=O)c3cn(C)c4cc(C(F)(F)F)ccc34)C2)CC1. The van der Waals surface area contributed by atoms with Crippen LogP contribution in [0.4, 0.5) is 18.0 Å². The standard InChI is InChI=1S/C28H32F3N7O2/c1-16-10-22-25(32-13-16)35-26(40)38(22)18-6-8-37(9-7-18)23-12-27(2,34-15-33-23)24(39)20-14-36(3)21-11-17(28(29,30)31)4-5-19(20)21/h4-5,10-11,14-16,18,25,32H,6-9,12-13H2,1-3H3,(H,35,40). The number of halogens is 3. The van der Waals surface area contributed by atoms with Gasteiger partial charge in [-0.25, -0.2) is 9.79 Å². The van der Waals surface area contributed by atoms with Gasteiger partial charge in [-0.15, -0.1) is 0 Å². The molecule has 0 radical (unpaired) electrons. The third kappa shape index (κ3) is 4.47. The Morgan fingerprint density at radius 3 is 2.67 bits per heavy atom. The lowest BCUT2D eigenvalue weighted by atomic mass is 9.86. The van der Waals surface area contributed by atoms with Crippen LogP contribution in [0.3, 0.4) is 0 Å². The van der Waals surface area contributed by atoms with Gasteiger partial charge in [-0.1, -0.05) is 19.1 Å². The number of hydrogen-bond donors (Lipinski definition) is 2. The fourth-order valence-electron chi connectivity index (χ4n) is 6.25. The zero-order valence-electron chi connectivity index (χ0n) is 22.6. The number of piperidine rings is 1. The van der Waals surface area contributed by atoms with Gasteiger partial charge in [0.05, 0.1) is 11.3 Å². The van der Waals surface area contributed by atoms with Gasteiger partial charge in [-0.3, -0.25) is 20.0 Å². The molecule has 1 aromatic carbocycles. The van der Waals surface area contributed by atoms with Crippen molar-refractivity contribution in [2.75, 3.05) is 19.6 Å². The average Bonchev–Trinajstić information content (AvgIpc) is 3.43. The molecule has 1 aromatic heterocycles. The lowest BCUT2D eigenvalue weighted by molar-refractivity contribution is -0.137. The summed E-state index contributed by atoms with van der Waals surface area (Å²) in [6, 6.07) is 3.43. The molecule has 6 rings (SSSR count). The van der Waals surface area contributed by atoms with Gasteiger partial charge in [0.2, 0.25) is 0 Å². The van der Waals surface area contributed by atoms with E-state index >= 15 is 0 Å². The minimum absolute atomic E-state index is 0.0720. The molecule has 212 valence electrons. The lowest BCUT2D eigenvalue weighted by Gasteiger charge is -2.40. The number of urea groups is 1. The Bertz CT molecular complexity index is 1470. The number of likely N-dealkylation sites (tertiary alicyclic amines) is 1. The number of fused-ring (bicyclic) bond motifs is 2. The monoisotopic (exact) mass is 555 g/mol. The van der Waals surface area contributed by atoms with Crippen LogP contribution in [0.2, 0.25) is 0 Å². The molecule has 9 nitrogen and oxygen atoms in total. The first kappa shape index (κ1) is 26.5. The number of hydrogen-bond acceptors (Lipinski definition) is 6. The van der Waals surface area contributed by atoms with Gasteiger partial charge in [0, 0.05) is 61.8 Å². The van der Waals surface area contributed by atoms with Gasteiger partial charge in [0.1, 0.15) is 23.9 Å². The maximum absolute atomic E-state index is 13.8. The first-order chi connectivity index (χ1) is 18.9. The van der Waals surface area contributed by atoms with Crippen molar-refractivity contribution in [2.45, 2.75) is 57.0 Å². The highest BCUT2D eigenvalue weighted by Crippen LogP contribution is 2.35. The Morgan fingerprint density at radius 1 is 1.20 bits per heavy atom. The molecule has 2 aromatic rings. The molecule has 2 fully saturated rings. The van der Waals surface area contributed by atoms with E-state index in [1.165, 1.54) is 12.4 Å². The predicted octanol–water partition coefficient (Wildman–Crippen LogP) is 3.91. The third-order valence-corrected chi connectivity index (χ3v) is 8.46. The molecule has 4 aliphatic rings. The summed E-state index contributed by atoms with van der Waals surface area (Å²) < 4.78 is 41.3. The van der Waals surface area contributed by atoms with E-state index in [-0.39, 0.29) is 30.4 Å². The Kier molecular flexibility index (Phi) is 6.28. The van der Waals surface area contributed by atoms with Crippen LogP contribution in [0.25, 0.3) is 10.9 Å². The second kappa shape index (κ2) is 9.46. The highest BCUT2D eigenvalue weighted by atomic mass is 19.4. The van der Waals surface area contributed by atoms with Gasteiger partial charge in [0.25, 0.3) is 0 Å². The lowest BCUT2D eigenvalue weighted by Crippen LogP contribution is -2.50. The number of aryl methyl sites for hydroxylation is 1. The molecular formula is C28H32F3N7O2. The molecule has 3 atom stereocenters. The fourth-order valence-corrected chi connectivity index (χ4v) is 6.25. The molecule has 2 saturated heterocycles. The average molecular weight is 556 g/mol. The molecule has 12 heteroatoms. The van der Waals surface area contributed by atoms with E-state index < -0.39 is 17.3 Å². The summed E-state index contributed by atoms with van der Waals surface area (Å²) in [6.45, 7) is 6.06. The van der Waals surface area contributed by atoms with E-state index in [0.29, 0.717) is 35.5 Å². The van der Waals surface area contributed by atoms with Crippen molar-refractivity contribution in [2.24, 2.45) is 23.0 Å². The number of amides is 2. The van der Waals surface area contributed by atoms with Gasteiger partial charge < -0.3 is 14.8 Å². The van der Waals surface area contributed by atoms with Crippen LogP contribution in [0.15, 0.2) is 46.2 Å². The summed E-state index contributed by atoms with van der Waals surface area (Å²) >= 11 is 0. The Labute approximate surface area is 229 Å². The van der Waals surface area contributed by atoms with Crippen LogP contribution in [-0.4, -0.2) is 75.7 Å². The van der Waals surface area contributed by atoms with E-state index in [9.17, 15) is 22.8 Å². The van der Waals surface area contributed by atoms with E-state index in [1.54, 1.807) is 24.7 Å². The van der Waals surface area contributed by atoms with Crippen molar-refractivity contribution in [1.29, 1.82) is 0 Å². The van der Waals surface area contributed by atoms with Crippen LogP contribution in [0, 0.1) is 5.92 Å². The normalized spacial score (nSPS) is 27.5. The van der Waals surface area contributed by atoms with Gasteiger partial charge in [-0.2, -0.15) is 13.2 Å². The smallest absolute Gasteiger partial charge is 0.360 e. The Hall–Kier alpha value is -3.67. The number of Topliss-reactive ketones (excluding diaryl/α,β-unsaturated/α-hetero) is 1. The number of ketones is 1. The number of benzene rings is 1. The van der Waals surface area contributed by atoms with Crippen molar-refractivity contribution < 1.29 is 22.8 Å². The maximum Gasteiger partial charge on any atom is 0.416 e. The molecule has 0 saturated carbocycles. The number of rotatable bonds is 3. The molecule has 2 amide bonds. The number of aromatic nitrogens is 1. The molecule has 0 aliphatic carbocycles. The summed E-state index contributed by atoms with van der Waals surface area (Å²) in [5.41, 5.74) is -0.221. The topological polar surface area (TPSA) is 94.3 Å². The number of nitrogens with zero attached hydrogens (tertiary/aromatic N) is 5. The van der Waals surface area contributed by atoms with Crippen molar-refractivity contribution in [1.82, 2.24) is 25.0 Å². The van der Waals surface area contributed by atoms with Crippen LogP contribution in [0.5, 0.6) is 0 Å². The summed E-state index contributed by atoms with van der Waals surface area (Å²) in [5, 5.41) is 6.86. The third-order valence-electron chi connectivity index (χ3n) is 8.46. The van der Waals surface area contributed by atoms with Crippen molar-refractivity contribution in [3.05, 3.63) is 47.3 Å². The van der Waals surface area contributed by atoms with E-state index in [0.717, 1.165) is 43.1 Å². The quantitative estimate of drug-likeness (QED) is 0.562. The summed E-state index contributed by atoms with van der Waals surface area (Å²) in [6.07, 6.45) is 2.35. The Morgan fingerprint density at radius 2 is 1.95 bits per heavy atom. The molecule has 0 spiro atoms. The molecule has 5 heterocycles. The van der Waals surface area contributed by atoms with Gasteiger partial charge >= 0.3 is 12.2 Å². The number of alkyl halides is 3. The minimum Gasteiger partial charge on any atom is -0.360 e. The highest BCUT2D eigenvalue weighted by Gasteiger charge is 2.43. The van der Waals surface area contributed by atoms with Crippen molar-refractivity contribution >= 4 is 34.9 Å². The van der Waals surface area contributed by atoms with Crippen molar-refractivity contribution in [3.63, 3.8) is 0 Å². The van der Waals surface area contributed by atoms with E-state index in [4.69, 9.17) is 0 Å². The first-order valence-electron chi connectivity index (χ1n) is 13.6. The minimum atomic E-state index is -4.47. The van der Waals surface area contributed by atoms with Crippen LogP contribution in [0.1, 0.15) is 49.0 Å². The zero-order valence-corrected chi connectivity index (χ0v) is 22.6. The van der Waals surface area contributed by atoms with Crippen LogP contribution in [-0.2, 0) is 13.2 Å². The van der Waals surface area contributed by atoms with Gasteiger partial charge in [0.15, 0.2) is 5.78 Å².